The summed E-state index contributed by atoms with van der Waals surface area (Å²) in [5.41, 5.74) is 1.36. The lowest BCUT2D eigenvalue weighted by Gasteiger charge is -2.12. The third-order valence-corrected chi connectivity index (χ3v) is 5.67. The number of carbonyl (C=O) groups is 2. The van der Waals surface area contributed by atoms with Gasteiger partial charge in [-0.15, -0.1) is 0 Å². The first-order valence-electron chi connectivity index (χ1n) is 9.69. The largest absolute Gasteiger partial charge is 0.481 e. The van der Waals surface area contributed by atoms with Crippen LogP contribution in [-0.4, -0.2) is 30.1 Å². The molecule has 4 nitrogen and oxygen atoms in total. The standard InChI is InChI=1S/C22H28O4/c23-20-15-19-17(10-5-4-9-16-7-2-1-3-8-16)22(19)18(20)11-6-13-26-14-12-21(24)25/h1-3,5,7-8,10,17-19,22H,4,6,9,11-15H2,(H,24,25). The molecule has 4 atom stereocenters. The van der Waals surface area contributed by atoms with E-state index in [0.29, 0.717) is 30.1 Å². The Labute approximate surface area is 155 Å². The molecule has 0 heterocycles. The molecule has 4 unspecified atom stereocenters. The Bertz CT molecular complexity index is 637. The quantitative estimate of drug-likeness (QED) is 0.482. The van der Waals surface area contributed by atoms with E-state index in [1.54, 1.807) is 0 Å². The number of hydrogen-bond donors (Lipinski definition) is 1. The predicted octanol–water partition coefficient (Wildman–Crippen LogP) is 3.90. The highest BCUT2D eigenvalue weighted by Gasteiger charge is 2.59. The molecule has 3 rings (SSSR count). The lowest BCUT2D eigenvalue weighted by atomic mass is 9.93. The number of aliphatic carboxylic acids is 1. The van der Waals surface area contributed by atoms with Crippen molar-refractivity contribution in [2.24, 2.45) is 23.7 Å². The predicted molar refractivity (Wildman–Crippen MR) is 99.8 cm³/mol. The molecule has 0 spiro atoms. The van der Waals surface area contributed by atoms with Gasteiger partial charge in [0.15, 0.2) is 0 Å². The first-order valence-corrected chi connectivity index (χ1v) is 9.69. The Balaban J connectivity index is 1.34. The molecule has 4 heteroatoms. The Morgan fingerprint density at radius 3 is 2.81 bits per heavy atom. The third-order valence-electron chi connectivity index (χ3n) is 5.67. The molecule has 2 saturated carbocycles. The fourth-order valence-corrected chi connectivity index (χ4v) is 4.30. The van der Waals surface area contributed by atoms with Gasteiger partial charge in [0.25, 0.3) is 0 Å². The van der Waals surface area contributed by atoms with Gasteiger partial charge in [0.2, 0.25) is 0 Å². The highest BCUT2D eigenvalue weighted by molar-refractivity contribution is 5.85. The van der Waals surface area contributed by atoms with Gasteiger partial charge in [-0.25, -0.2) is 0 Å². The fraction of sp³-hybridized carbons (Fsp3) is 0.545. The molecule has 0 aliphatic heterocycles. The van der Waals surface area contributed by atoms with Crippen molar-refractivity contribution in [3.05, 3.63) is 48.0 Å². The van der Waals surface area contributed by atoms with Crippen LogP contribution in [-0.2, 0) is 20.7 Å². The number of benzene rings is 1. The molecule has 2 aliphatic carbocycles. The van der Waals surface area contributed by atoms with Gasteiger partial charge >= 0.3 is 5.97 Å². The number of ether oxygens (including phenoxy) is 1. The molecular weight excluding hydrogens is 328 g/mol. The molecule has 2 fully saturated rings. The molecule has 26 heavy (non-hydrogen) atoms. The SMILES string of the molecule is O=C(O)CCOCCCC1C(=O)CC2C(C=CCCc3ccccc3)C12. The number of ketones is 1. The van der Waals surface area contributed by atoms with Crippen LogP contribution in [0.5, 0.6) is 0 Å². The summed E-state index contributed by atoms with van der Waals surface area (Å²) in [6, 6.07) is 10.5. The van der Waals surface area contributed by atoms with Crippen molar-refractivity contribution < 1.29 is 19.4 Å². The van der Waals surface area contributed by atoms with Crippen molar-refractivity contribution >= 4 is 11.8 Å². The van der Waals surface area contributed by atoms with Crippen LogP contribution >= 0.6 is 0 Å². The van der Waals surface area contributed by atoms with Crippen molar-refractivity contribution in [1.29, 1.82) is 0 Å². The molecule has 1 aromatic rings. The first kappa shape index (κ1) is 18.8. The summed E-state index contributed by atoms with van der Waals surface area (Å²) in [5, 5.41) is 8.57. The number of fused-ring (bicyclic) bond motifs is 1. The summed E-state index contributed by atoms with van der Waals surface area (Å²) in [6.45, 7) is 0.804. The molecule has 0 radical (unpaired) electrons. The van der Waals surface area contributed by atoms with E-state index < -0.39 is 5.97 Å². The van der Waals surface area contributed by atoms with Crippen LogP contribution in [0.1, 0.15) is 37.7 Å². The number of allylic oxidation sites excluding steroid dienone is 2. The average molecular weight is 356 g/mol. The van der Waals surface area contributed by atoms with Crippen LogP contribution in [0.2, 0.25) is 0 Å². The van der Waals surface area contributed by atoms with Gasteiger partial charge in [-0.3, -0.25) is 9.59 Å². The van der Waals surface area contributed by atoms with Crippen molar-refractivity contribution in [2.75, 3.05) is 13.2 Å². The minimum Gasteiger partial charge on any atom is -0.481 e. The molecule has 0 bridgehead atoms. The van der Waals surface area contributed by atoms with Gasteiger partial charge in [-0.1, -0.05) is 42.5 Å². The summed E-state index contributed by atoms with van der Waals surface area (Å²) in [6.07, 6.45) is 9.23. The van der Waals surface area contributed by atoms with Crippen LogP contribution in [0, 0.1) is 23.7 Å². The zero-order valence-electron chi connectivity index (χ0n) is 15.2. The smallest absolute Gasteiger partial charge is 0.305 e. The number of hydrogen-bond acceptors (Lipinski definition) is 3. The summed E-state index contributed by atoms with van der Waals surface area (Å²) in [5.74, 6) is 1.45. The molecule has 140 valence electrons. The zero-order chi connectivity index (χ0) is 18.4. The number of carboxylic acids is 1. The molecule has 0 amide bonds. The molecule has 2 aliphatic rings. The molecule has 1 aromatic carbocycles. The Morgan fingerprint density at radius 2 is 2.04 bits per heavy atom. The molecule has 0 saturated heterocycles. The minimum atomic E-state index is -0.835. The maximum absolute atomic E-state index is 12.1. The number of aryl methyl sites for hydroxylation is 1. The van der Waals surface area contributed by atoms with Gasteiger partial charge < -0.3 is 9.84 Å². The maximum Gasteiger partial charge on any atom is 0.305 e. The minimum absolute atomic E-state index is 0.0446. The van der Waals surface area contributed by atoms with E-state index in [1.165, 1.54) is 5.56 Å². The van der Waals surface area contributed by atoms with Crippen LogP contribution in [0.15, 0.2) is 42.5 Å². The second-order valence-corrected chi connectivity index (χ2v) is 7.45. The highest BCUT2D eigenvalue weighted by Crippen LogP contribution is 2.60. The van der Waals surface area contributed by atoms with Crippen molar-refractivity contribution in [2.45, 2.75) is 38.5 Å². The summed E-state index contributed by atoms with van der Waals surface area (Å²) in [7, 11) is 0. The Kier molecular flexibility index (Phi) is 6.62. The highest BCUT2D eigenvalue weighted by atomic mass is 16.5. The van der Waals surface area contributed by atoms with Crippen molar-refractivity contribution in [3.8, 4) is 0 Å². The van der Waals surface area contributed by atoms with E-state index in [2.05, 4.69) is 36.4 Å². The van der Waals surface area contributed by atoms with E-state index in [0.717, 1.165) is 32.1 Å². The third kappa shape index (κ3) is 5.04. The Morgan fingerprint density at radius 1 is 1.23 bits per heavy atom. The summed E-state index contributed by atoms with van der Waals surface area (Å²) < 4.78 is 5.33. The van der Waals surface area contributed by atoms with Crippen LogP contribution in [0.4, 0.5) is 0 Å². The van der Waals surface area contributed by atoms with E-state index >= 15 is 0 Å². The lowest BCUT2D eigenvalue weighted by molar-refractivity contribution is -0.138. The first-order chi connectivity index (χ1) is 12.7. The Hall–Kier alpha value is -1.94. The van der Waals surface area contributed by atoms with E-state index in [1.807, 2.05) is 6.07 Å². The topological polar surface area (TPSA) is 63.6 Å². The van der Waals surface area contributed by atoms with Gasteiger partial charge in [0.1, 0.15) is 5.78 Å². The number of rotatable bonds is 11. The summed E-state index contributed by atoms with van der Waals surface area (Å²) in [4.78, 5) is 22.6. The average Bonchev–Trinajstić information content (AvgIpc) is 3.18. The fourth-order valence-electron chi connectivity index (χ4n) is 4.30. The lowest BCUT2D eigenvalue weighted by Crippen LogP contribution is -2.14. The van der Waals surface area contributed by atoms with Gasteiger partial charge in [0.05, 0.1) is 13.0 Å². The van der Waals surface area contributed by atoms with Crippen molar-refractivity contribution in [1.82, 2.24) is 0 Å². The van der Waals surface area contributed by atoms with E-state index in [9.17, 15) is 9.59 Å². The van der Waals surface area contributed by atoms with E-state index in [-0.39, 0.29) is 18.9 Å². The second kappa shape index (κ2) is 9.13. The van der Waals surface area contributed by atoms with Gasteiger partial charge in [-0.05, 0) is 49.0 Å². The van der Waals surface area contributed by atoms with Crippen LogP contribution in [0.3, 0.4) is 0 Å². The normalized spacial score (nSPS) is 27.0. The van der Waals surface area contributed by atoms with Crippen LogP contribution < -0.4 is 0 Å². The molecule has 1 N–H and O–H groups in total. The second-order valence-electron chi connectivity index (χ2n) is 7.45. The van der Waals surface area contributed by atoms with Gasteiger partial charge in [0, 0.05) is 18.9 Å². The van der Waals surface area contributed by atoms with Crippen molar-refractivity contribution in [3.63, 3.8) is 0 Å². The number of carboxylic acid groups (broad SMARTS) is 1. The summed E-state index contributed by atoms with van der Waals surface area (Å²) >= 11 is 0. The zero-order valence-corrected chi connectivity index (χ0v) is 15.2. The monoisotopic (exact) mass is 356 g/mol. The van der Waals surface area contributed by atoms with E-state index in [4.69, 9.17) is 9.84 Å². The molecular formula is C22H28O4. The number of Topliss-reactive ketones (excluding diaryl/α,β-unsaturated/α-hetero) is 1. The maximum atomic E-state index is 12.1. The van der Waals surface area contributed by atoms with Gasteiger partial charge in [-0.2, -0.15) is 0 Å². The van der Waals surface area contributed by atoms with Crippen LogP contribution in [0.25, 0.3) is 0 Å². The molecule has 0 aromatic heterocycles. The number of carbonyl (C=O) groups excluding carboxylic acids is 1.